The minimum atomic E-state index is -4.54. The Labute approximate surface area is 226 Å². The summed E-state index contributed by atoms with van der Waals surface area (Å²) in [6.07, 6.45) is 7.50. The molecule has 0 N–H and O–H groups in total. The highest BCUT2D eigenvalue weighted by Gasteiger charge is 2.40. The number of aryl methyl sites for hydroxylation is 1. The SMILES string of the molecule is CCCCC(=O)CCCCC(=O)c1ccc(Cc2nccn3c(C4=CCN=C4C(F)(F)F)cnc23)cc1CC. The number of carbonyl (C=O) groups is 2. The highest BCUT2D eigenvalue weighted by atomic mass is 19.4. The molecule has 0 saturated carbocycles. The van der Waals surface area contributed by atoms with E-state index in [-0.39, 0.29) is 23.7 Å². The summed E-state index contributed by atoms with van der Waals surface area (Å²) in [5.41, 5.74) is 3.13. The van der Waals surface area contributed by atoms with Gasteiger partial charge in [0.15, 0.2) is 11.4 Å². The number of fused-ring (bicyclic) bond motifs is 1. The van der Waals surface area contributed by atoms with Crippen LogP contribution in [0.2, 0.25) is 0 Å². The number of halogens is 3. The summed E-state index contributed by atoms with van der Waals surface area (Å²) in [4.78, 5) is 37.2. The Balaban J connectivity index is 1.46. The monoisotopic (exact) mass is 538 g/mol. The van der Waals surface area contributed by atoms with Gasteiger partial charge in [0.05, 0.1) is 24.1 Å². The van der Waals surface area contributed by atoms with Crippen LogP contribution in [0.25, 0.3) is 11.2 Å². The van der Waals surface area contributed by atoms with E-state index in [1.54, 1.807) is 16.8 Å². The summed E-state index contributed by atoms with van der Waals surface area (Å²) in [5.74, 6) is 0.342. The normalized spacial score (nSPS) is 13.6. The fourth-order valence-corrected chi connectivity index (χ4v) is 4.93. The molecule has 0 saturated heterocycles. The molecule has 0 spiro atoms. The van der Waals surface area contributed by atoms with Gasteiger partial charge in [-0.2, -0.15) is 13.2 Å². The van der Waals surface area contributed by atoms with E-state index in [1.807, 2.05) is 25.1 Å². The first-order valence-electron chi connectivity index (χ1n) is 13.5. The van der Waals surface area contributed by atoms with E-state index >= 15 is 0 Å². The predicted molar refractivity (Wildman–Crippen MR) is 145 cm³/mol. The van der Waals surface area contributed by atoms with Gasteiger partial charge >= 0.3 is 6.18 Å². The van der Waals surface area contributed by atoms with Crippen molar-refractivity contribution in [3.8, 4) is 0 Å². The second-order valence-electron chi connectivity index (χ2n) is 9.81. The third kappa shape index (κ3) is 6.69. The molecule has 9 heteroatoms. The van der Waals surface area contributed by atoms with E-state index < -0.39 is 11.9 Å². The van der Waals surface area contributed by atoms with E-state index in [0.29, 0.717) is 61.1 Å². The van der Waals surface area contributed by atoms with Crippen molar-refractivity contribution in [3.63, 3.8) is 0 Å². The first kappa shape index (κ1) is 28.4. The molecule has 1 aliphatic heterocycles. The van der Waals surface area contributed by atoms with Gasteiger partial charge in [0, 0.05) is 49.2 Å². The summed E-state index contributed by atoms with van der Waals surface area (Å²) < 4.78 is 41.9. The van der Waals surface area contributed by atoms with Gasteiger partial charge < -0.3 is 0 Å². The van der Waals surface area contributed by atoms with Gasteiger partial charge in [0.1, 0.15) is 11.5 Å². The Morgan fingerprint density at radius 3 is 2.54 bits per heavy atom. The standard InChI is InChI=1S/C30H33F3N4O2/c1-3-5-8-22(38)9-6-7-10-27(39)23-12-11-20(17-21(23)4-2)18-25-29-36-19-26(37(29)16-15-34-25)24-13-14-35-28(24)30(31,32)33/h11-13,15-17,19H,3-10,14,18H2,1-2H3. The van der Waals surface area contributed by atoms with Crippen LogP contribution in [-0.2, 0) is 17.6 Å². The van der Waals surface area contributed by atoms with Gasteiger partial charge in [0.25, 0.3) is 0 Å². The second-order valence-corrected chi connectivity index (χ2v) is 9.81. The van der Waals surface area contributed by atoms with Crippen molar-refractivity contribution in [1.82, 2.24) is 14.4 Å². The lowest BCUT2D eigenvalue weighted by Crippen LogP contribution is -2.23. The number of alkyl halides is 3. The molecule has 2 aromatic heterocycles. The zero-order valence-corrected chi connectivity index (χ0v) is 22.4. The fourth-order valence-electron chi connectivity index (χ4n) is 4.93. The van der Waals surface area contributed by atoms with E-state index in [1.165, 1.54) is 12.3 Å². The zero-order chi connectivity index (χ0) is 28.0. The molecule has 0 unspecified atom stereocenters. The lowest BCUT2D eigenvalue weighted by molar-refractivity contribution is -0.119. The van der Waals surface area contributed by atoms with Crippen LogP contribution in [0.3, 0.4) is 0 Å². The topological polar surface area (TPSA) is 76.7 Å². The number of aliphatic imine (C=N–C) groups is 1. The van der Waals surface area contributed by atoms with Crippen LogP contribution in [0.5, 0.6) is 0 Å². The maximum absolute atomic E-state index is 13.4. The van der Waals surface area contributed by atoms with Gasteiger partial charge in [0.2, 0.25) is 0 Å². The van der Waals surface area contributed by atoms with Gasteiger partial charge in [-0.25, -0.2) is 4.98 Å². The zero-order valence-electron chi connectivity index (χ0n) is 22.4. The Bertz CT molecular complexity index is 1420. The highest BCUT2D eigenvalue weighted by molar-refractivity contribution is 6.27. The molecule has 0 bridgehead atoms. The van der Waals surface area contributed by atoms with Crippen LogP contribution < -0.4 is 0 Å². The van der Waals surface area contributed by atoms with E-state index in [9.17, 15) is 22.8 Å². The van der Waals surface area contributed by atoms with Gasteiger partial charge in [-0.3, -0.25) is 24.0 Å². The number of hydrogen-bond donors (Lipinski definition) is 0. The molecule has 0 radical (unpaired) electrons. The first-order chi connectivity index (χ1) is 18.7. The molecule has 0 amide bonds. The number of benzene rings is 1. The number of unbranched alkanes of at least 4 members (excludes halogenated alkanes) is 2. The van der Waals surface area contributed by atoms with E-state index in [2.05, 4.69) is 21.9 Å². The van der Waals surface area contributed by atoms with Crippen molar-refractivity contribution in [2.75, 3.05) is 6.54 Å². The molecule has 3 aromatic rings. The molecular formula is C30H33F3N4O2. The predicted octanol–water partition coefficient (Wildman–Crippen LogP) is 6.79. The van der Waals surface area contributed by atoms with Gasteiger partial charge in [-0.15, -0.1) is 0 Å². The van der Waals surface area contributed by atoms with E-state index in [4.69, 9.17) is 0 Å². The number of ketones is 2. The number of imidazole rings is 1. The summed E-state index contributed by atoms with van der Waals surface area (Å²) >= 11 is 0. The lowest BCUT2D eigenvalue weighted by Gasteiger charge is -2.12. The molecule has 1 aliphatic rings. The summed E-state index contributed by atoms with van der Waals surface area (Å²) in [6.45, 7) is 4.04. The Kier molecular flexibility index (Phi) is 9.09. The third-order valence-corrected chi connectivity index (χ3v) is 6.99. The molecule has 3 heterocycles. The summed E-state index contributed by atoms with van der Waals surface area (Å²) in [7, 11) is 0. The highest BCUT2D eigenvalue weighted by Crippen LogP contribution is 2.32. The van der Waals surface area contributed by atoms with Crippen LogP contribution in [0, 0.1) is 0 Å². The van der Waals surface area contributed by atoms with Crippen molar-refractivity contribution < 1.29 is 22.8 Å². The summed E-state index contributed by atoms with van der Waals surface area (Å²) in [5, 5.41) is 0. The maximum atomic E-state index is 13.4. The van der Waals surface area contributed by atoms with Gasteiger partial charge in [-0.05, 0) is 36.8 Å². The Morgan fingerprint density at radius 2 is 1.79 bits per heavy atom. The van der Waals surface area contributed by atoms with Crippen molar-refractivity contribution in [2.45, 2.75) is 77.8 Å². The minimum Gasteiger partial charge on any atom is -0.300 e. The smallest absolute Gasteiger partial charge is 0.300 e. The van der Waals surface area contributed by atoms with Crippen LogP contribution in [0.15, 0.2) is 47.9 Å². The number of rotatable bonds is 13. The number of nitrogens with zero attached hydrogens (tertiary/aromatic N) is 4. The van der Waals surface area contributed by atoms with Crippen molar-refractivity contribution in [1.29, 1.82) is 0 Å². The van der Waals surface area contributed by atoms with Crippen molar-refractivity contribution in [3.05, 3.63) is 70.9 Å². The minimum absolute atomic E-state index is 0.0166. The largest absolute Gasteiger partial charge is 0.433 e. The number of Topliss-reactive ketones (excluding diaryl/α,β-unsaturated/α-hetero) is 2. The Hall–Kier alpha value is -3.62. The molecule has 0 atom stereocenters. The number of carbonyl (C=O) groups excluding carboxylic acids is 2. The average Bonchev–Trinajstić information content (AvgIpc) is 3.57. The van der Waals surface area contributed by atoms with Crippen molar-refractivity contribution in [2.24, 2.45) is 4.99 Å². The van der Waals surface area contributed by atoms with Crippen LogP contribution >= 0.6 is 0 Å². The number of hydrogen-bond acceptors (Lipinski definition) is 5. The molecule has 206 valence electrons. The molecule has 1 aromatic carbocycles. The number of allylic oxidation sites excluding steroid dienone is 1. The Morgan fingerprint density at radius 1 is 1.03 bits per heavy atom. The average molecular weight is 539 g/mol. The molecule has 6 nitrogen and oxygen atoms in total. The lowest BCUT2D eigenvalue weighted by atomic mass is 9.94. The molecule has 4 rings (SSSR count). The van der Waals surface area contributed by atoms with Crippen LogP contribution in [0.1, 0.15) is 91.7 Å². The summed E-state index contributed by atoms with van der Waals surface area (Å²) in [6, 6.07) is 5.73. The van der Waals surface area contributed by atoms with Crippen LogP contribution in [0.4, 0.5) is 13.2 Å². The molecule has 0 fully saturated rings. The fraction of sp³-hybridized carbons (Fsp3) is 0.433. The molecule has 0 aliphatic carbocycles. The van der Waals surface area contributed by atoms with Crippen molar-refractivity contribution >= 4 is 28.5 Å². The molecular weight excluding hydrogens is 505 g/mol. The van der Waals surface area contributed by atoms with Crippen LogP contribution in [-0.4, -0.2) is 44.4 Å². The van der Waals surface area contributed by atoms with E-state index in [0.717, 1.165) is 30.4 Å². The third-order valence-electron chi connectivity index (χ3n) is 6.99. The van der Waals surface area contributed by atoms with Gasteiger partial charge in [-0.1, -0.05) is 44.5 Å². The number of aromatic nitrogens is 3. The second kappa shape index (κ2) is 12.5. The first-order valence-corrected chi connectivity index (χ1v) is 13.5. The molecule has 39 heavy (non-hydrogen) atoms. The maximum Gasteiger partial charge on any atom is 0.433 e. The quantitative estimate of drug-likeness (QED) is 0.177.